The van der Waals surface area contributed by atoms with Crippen LogP contribution in [0.5, 0.6) is 11.5 Å². The fourth-order valence-corrected chi connectivity index (χ4v) is 5.25. The van der Waals surface area contributed by atoms with Crippen LogP contribution in [0, 0.1) is 0 Å². The predicted molar refractivity (Wildman–Crippen MR) is 131 cm³/mol. The smallest absolute Gasteiger partial charge is 0.416 e. The average Bonchev–Trinajstić information content (AvgIpc) is 2.90. The number of rotatable bonds is 8. The van der Waals surface area contributed by atoms with E-state index in [0.29, 0.717) is 10.4 Å². The van der Waals surface area contributed by atoms with Crippen LogP contribution in [0.15, 0.2) is 47.4 Å². The lowest BCUT2D eigenvalue weighted by atomic mass is 10.2. The van der Waals surface area contributed by atoms with Crippen molar-refractivity contribution in [2.75, 3.05) is 57.9 Å². The fourth-order valence-electron chi connectivity index (χ4n) is 3.83. The molecule has 14 heteroatoms. The molecule has 0 bridgehead atoms. The number of nitrogens with zero attached hydrogens (tertiary/aromatic N) is 3. The lowest BCUT2D eigenvalue weighted by Crippen LogP contribution is -2.53. The average molecular weight is 560 g/mol. The van der Waals surface area contributed by atoms with Gasteiger partial charge < -0.3 is 24.0 Å². The quantitative estimate of drug-likeness (QED) is 0.489. The molecule has 1 aliphatic heterocycles. The first kappa shape index (κ1) is 28.9. The van der Waals surface area contributed by atoms with Gasteiger partial charge in [-0.3, -0.25) is 9.10 Å². The van der Waals surface area contributed by atoms with Gasteiger partial charge in [-0.1, -0.05) is 6.07 Å². The summed E-state index contributed by atoms with van der Waals surface area (Å²) in [7, 11) is -1.87. The van der Waals surface area contributed by atoms with Crippen LogP contribution in [0.2, 0.25) is 0 Å². The van der Waals surface area contributed by atoms with Gasteiger partial charge in [0.25, 0.3) is 10.0 Å². The molecule has 2 aromatic carbocycles. The van der Waals surface area contributed by atoms with Crippen molar-refractivity contribution in [3.05, 3.63) is 48.0 Å². The molecule has 0 unspecified atom stereocenters. The van der Waals surface area contributed by atoms with E-state index in [4.69, 9.17) is 14.2 Å². The number of sulfonamides is 1. The van der Waals surface area contributed by atoms with Crippen molar-refractivity contribution in [3.8, 4) is 11.5 Å². The van der Waals surface area contributed by atoms with Gasteiger partial charge in [-0.05, 0) is 37.3 Å². The predicted octanol–water partition coefficient (Wildman–Crippen LogP) is 3.22. The molecule has 1 fully saturated rings. The van der Waals surface area contributed by atoms with Gasteiger partial charge in [0.15, 0.2) is 11.5 Å². The zero-order chi connectivity index (χ0) is 28.1. The van der Waals surface area contributed by atoms with Crippen molar-refractivity contribution in [3.63, 3.8) is 0 Å². The Hall–Kier alpha value is -3.68. The minimum atomic E-state index is -4.73. The van der Waals surface area contributed by atoms with Crippen LogP contribution in [-0.4, -0.2) is 83.8 Å². The number of benzene rings is 2. The molecule has 0 saturated carbocycles. The monoisotopic (exact) mass is 559 g/mol. The lowest BCUT2D eigenvalue weighted by molar-refractivity contribution is -0.137. The van der Waals surface area contributed by atoms with Gasteiger partial charge in [0.1, 0.15) is 6.54 Å². The molecule has 38 heavy (non-hydrogen) atoms. The Balaban J connectivity index is 1.95. The number of hydrogen-bond donors (Lipinski definition) is 0. The van der Waals surface area contributed by atoms with E-state index >= 15 is 0 Å². The zero-order valence-corrected chi connectivity index (χ0v) is 21.8. The van der Waals surface area contributed by atoms with E-state index in [0.717, 1.165) is 18.2 Å². The van der Waals surface area contributed by atoms with E-state index in [-0.39, 0.29) is 54.9 Å². The lowest BCUT2D eigenvalue weighted by Gasteiger charge is -2.35. The Morgan fingerprint density at radius 1 is 0.947 bits per heavy atom. The third kappa shape index (κ3) is 6.41. The number of carbonyl (C=O) groups is 2. The largest absolute Gasteiger partial charge is 0.493 e. The molecule has 1 aliphatic rings. The molecule has 3 rings (SSSR count). The van der Waals surface area contributed by atoms with E-state index in [1.54, 1.807) is 6.92 Å². The first-order chi connectivity index (χ1) is 17.9. The zero-order valence-electron chi connectivity index (χ0n) is 21.0. The molecule has 0 aliphatic carbocycles. The molecule has 1 heterocycles. The number of anilines is 1. The van der Waals surface area contributed by atoms with Crippen LogP contribution < -0.4 is 13.8 Å². The number of methoxy groups -OCH3 is 2. The molecule has 2 aromatic rings. The summed E-state index contributed by atoms with van der Waals surface area (Å²) in [6, 6.07) is 7.44. The van der Waals surface area contributed by atoms with Gasteiger partial charge in [-0.2, -0.15) is 13.2 Å². The van der Waals surface area contributed by atoms with Crippen molar-refractivity contribution >= 4 is 27.7 Å². The summed E-state index contributed by atoms with van der Waals surface area (Å²) in [6.07, 6.45) is -5.26. The minimum absolute atomic E-state index is 0.0824. The van der Waals surface area contributed by atoms with E-state index in [2.05, 4.69) is 0 Å². The summed E-state index contributed by atoms with van der Waals surface area (Å²) in [6.45, 7) is 1.62. The number of alkyl halides is 3. The van der Waals surface area contributed by atoms with Crippen molar-refractivity contribution < 1.29 is 45.4 Å². The number of amides is 2. The van der Waals surface area contributed by atoms with Crippen molar-refractivity contribution in [2.45, 2.75) is 18.0 Å². The van der Waals surface area contributed by atoms with Crippen LogP contribution in [0.4, 0.5) is 23.7 Å². The molecule has 0 spiro atoms. The number of ether oxygens (including phenoxy) is 3. The molecular weight excluding hydrogens is 531 g/mol. The molecular formula is C24H28F3N3O7S. The summed E-state index contributed by atoms with van der Waals surface area (Å²) >= 11 is 0. The second kappa shape index (κ2) is 11.8. The maximum absolute atomic E-state index is 13.7. The van der Waals surface area contributed by atoms with Gasteiger partial charge in [-0.15, -0.1) is 0 Å². The summed E-state index contributed by atoms with van der Waals surface area (Å²) in [5.41, 5.74) is -1.41. The van der Waals surface area contributed by atoms with E-state index in [1.165, 1.54) is 42.2 Å². The highest BCUT2D eigenvalue weighted by atomic mass is 32.2. The van der Waals surface area contributed by atoms with Gasteiger partial charge in [0.05, 0.1) is 37.0 Å². The summed E-state index contributed by atoms with van der Waals surface area (Å²) in [5.74, 6) is -0.318. The third-order valence-electron chi connectivity index (χ3n) is 5.84. The van der Waals surface area contributed by atoms with Crippen molar-refractivity contribution in [1.29, 1.82) is 0 Å². The molecule has 2 amide bonds. The van der Waals surface area contributed by atoms with Gasteiger partial charge >= 0.3 is 12.3 Å². The highest BCUT2D eigenvalue weighted by molar-refractivity contribution is 7.92. The first-order valence-corrected chi connectivity index (χ1v) is 13.0. The topological polar surface area (TPSA) is 106 Å². The standard InChI is InChI=1S/C24H28F3N3O7S/c1-4-37-23(32)29-12-10-28(11-13-29)22(31)16-30(18-7-5-6-17(14-18)24(25,26)27)38(33,34)19-8-9-20(35-2)21(15-19)36-3/h5-9,14-15H,4,10-13,16H2,1-3H3. The first-order valence-electron chi connectivity index (χ1n) is 11.5. The second-order valence-electron chi connectivity index (χ2n) is 8.14. The Kier molecular flexibility index (Phi) is 8.97. The Morgan fingerprint density at radius 3 is 2.16 bits per heavy atom. The number of piperazine rings is 1. The molecule has 1 saturated heterocycles. The summed E-state index contributed by atoms with van der Waals surface area (Å²) in [5, 5.41) is 0. The van der Waals surface area contributed by atoms with E-state index in [9.17, 15) is 31.2 Å². The fraction of sp³-hybridized carbons (Fsp3) is 0.417. The molecule has 0 aromatic heterocycles. The molecule has 0 atom stereocenters. The van der Waals surface area contributed by atoms with Crippen LogP contribution in [0.25, 0.3) is 0 Å². The second-order valence-corrected chi connectivity index (χ2v) is 10.0. The molecule has 0 radical (unpaired) electrons. The van der Waals surface area contributed by atoms with Gasteiger partial charge in [0, 0.05) is 32.2 Å². The Bertz CT molecular complexity index is 1260. The van der Waals surface area contributed by atoms with Gasteiger partial charge in [-0.25, -0.2) is 13.2 Å². The number of halogens is 3. The van der Waals surface area contributed by atoms with Crippen LogP contribution >= 0.6 is 0 Å². The Morgan fingerprint density at radius 2 is 1.58 bits per heavy atom. The van der Waals surface area contributed by atoms with Crippen LogP contribution in [0.3, 0.4) is 0 Å². The number of hydrogen-bond acceptors (Lipinski definition) is 7. The molecule has 208 valence electrons. The highest BCUT2D eigenvalue weighted by Crippen LogP contribution is 2.35. The SMILES string of the molecule is CCOC(=O)N1CCN(C(=O)CN(c2cccc(C(F)(F)F)c2)S(=O)(=O)c2ccc(OC)c(OC)c2)CC1. The Labute approximate surface area is 218 Å². The molecule has 0 N–H and O–H groups in total. The minimum Gasteiger partial charge on any atom is -0.493 e. The number of carbonyl (C=O) groups excluding carboxylic acids is 2. The van der Waals surface area contributed by atoms with E-state index < -0.39 is 40.3 Å². The molecule has 10 nitrogen and oxygen atoms in total. The normalized spacial score (nSPS) is 14.2. The van der Waals surface area contributed by atoms with Crippen molar-refractivity contribution in [2.24, 2.45) is 0 Å². The summed E-state index contributed by atoms with van der Waals surface area (Å²) < 4.78 is 83.6. The van der Waals surface area contributed by atoms with Crippen LogP contribution in [-0.2, 0) is 25.7 Å². The van der Waals surface area contributed by atoms with Crippen molar-refractivity contribution in [1.82, 2.24) is 9.80 Å². The maximum atomic E-state index is 13.7. The third-order valence-corrected chi connectivity index (χ3v) is 7.61. The van der Waals surface area contributed by atoms with Crippen LogP contribution in [0.1, 0.15) is 12.5 Å². The highest BCUT2D eigenvalue weighted by Gasteiger charge is 2.35. The van der Waals surface area contributed by atoms with Gasteiger partial charge in [0.2, 0.25) is 5.91 Å². The summed E-state index contributed by atoms with van der Waals surface area (Å²) in [4.78, 5) is 27.6. The van der Waals surface area contributed by atoms with E-state index in [1.807, 2.05) is 0 Å². The maximum Gasteiger partial charge on any atom is 0.416 e.